The minimum absolute atomic E-state index is 0.0807. The number of benzene rings is 2. The first-order valence-corrected chi connectivity index (χ1v) is 9.46. The molecule has 1 fully saturated rings. The van der Waals surface area contributed by atoms with Crippen molar-refractivity contribution in [2.24, 2.45) is 0 Å². The molecule has 1 aliphatic carbocycles. The fourth-order valence-electron chi connectivity index (χ4n) is 3.13. The van der Waals surface area contributed by atoms with Crippen LogP contribution in [0.15, 0.2) is 47.5 Å². The quantitative estimate of drug-likeness (QED) is 0.518. The number of nitrogens with one attached hydrogen (secondary N) is 1. The zero-order valence-corrected chi connectivity index (χ0v) is 15.1. The van der Waals surface area contributed by atoms with E-state index in [0.29, 0.717) is 27.2 Å². The number of halogens is 3. The monoisotopic (exact) mass is 402 g/mol. The molecule has 28 heavy (non-hydrogen) atoms. The second-order valence-corrected chi connectivity index (χ2v) is 7.71. The van der Waals surface area contributed by atoms with Gasteiger partial charge in [0.25, 0.3) is 5.56 Å². The lowest BCUT2D eigenvalue weighted by atomic mass is 10.2. The normalized spacial score (nSPS) is 14.7. The van der Waals surface area contributed by atoms with Gasteiger partial charge in [-0.05, 0) is 49.2 Å². The van der Waals surface area contributed by atoms with E-state index in [0.717, 1.165) is 29.7 Å². The van der Waals surface area contributed by atoms with Crippen LogP contribution in [-0.4, -0.2) is 14.5 Å². The van der Waals surface area contributed by atoms with Gasteiger partial charge in [-0.25, -0.2) is 9.97 Å². The molecule has 5 rings (SSSR count). The van der Waals surface area contributed by atoms with Crippen molar-refractivity contribution in [2.75, 3.05) is 5.32 Å². The summed E-state index contributed by atoms with van der Waals surface area (Å²) in [5.41, 5.74) is 0.964. The van der Waals surface area contributed by atoms with Gasteiger partial charge in [-0.3, -0.25) is 9.36 Å². The van der Waals surface area contributed by atoms with Gasteiger partial charge in [-0.1, -0.05) is 11.3 Å². The standard InChI is InChI=1S/C19H13F3N4OS/c20-19(21,22)10-1-3-11(4-2-10)24-18-25-14-8-7-13-15(16(14)28-18)17(27)26(9-23-13)12-5-6-12/h1-4,7-9,12H,5-6H2,(H,24,25). The Morgan fingerprint density at radius 2 is 1.79 bits per heavy atom. The van der Waals surface area contributed by atoms with Crippen LogP contribution >= 0.6 is 11.3 Å². The van der Waals surface area contributed by atoms with Gasteiger partial charge in [-0.2, -0.15) is 13.2 Å². The number of nitrogens with zero attached hydrogens (tertiary/aromatic N) is 3. The average Bonchev–Trinajstić information content (AvgIpc) is 3.41. The second-order valence-electron chi connectivity index (χ2n) is 6.72. The average molecular weight is 402 g/mol. The maximum absolute atomic E-state index is 12.9. The van der Waals surface area contributed by atoms with Gasteiger partial charge < -0.3 is 5.32 Å². The van der Waals surface area contributed by atoms with Crippen molar-refractivity contribution in [3.05, 3.63) is 58.6 Å². The fourth-order valence-corrected chi connectivity index (χ4v) is 4.15. The van der Waals surface area contributed by atoms with Crippen LogP contribution in [0.1, 0.15) is 24.4 Å². The number of aromatic nitrogens is 3. The molecular weight excluding hydrogens is 389 g/mol. The van der Waals surface area contributed by atoms with E-state index in [4.69, 9.17) is 0 Å². The second kappa shape index (κ2) is 6.03. The minimum Gasteiger partial charge on any atom is -0.332 e. The lowest BCUT2D eigenvalue weighted by molar-refractivity contribution is -0.137. The van der Waals surface area contributed by atoms with E-state index >= 15 is 0 Å². The minimum atomic E-state index is -4.37. The van der Waals surface area contributed by atoms with Crippen molar-refractivity contribution in [1.82, 2.24) is 14.5 Å². The topological polar surface area (TPSA) is 59.8 Å². The summed E-state index contributed by atoms with van der Waals surface area (Å²) in [5.74, 6) is 0. The number of anilines is 2. The van der Waals surface area contributed by atoms with Gasteiger partial charge >= 0.3 is 6.18 Å². The number of alkyl halides is 3. The van der Waals surface area contributed by atoms with E-state index in [1.54, 1.807) is 23.0 Å². The Bertz CT molecular complexity index is 1260. The third-order valence-electron chi connectivity index (χ3n) is 4.71. The molecule has 2 heterocycles. The maximum Gasteiger partial charge on any atom is 0.416 e. The Labute approximate surface area is 160 Å². The Hall–Kier alpha value is -2.94. The molecule has 1 saturated carbocycles. The molecule has 142 valence electrons. The first-order valence-electron chi connectivity index (χ1n) is 8.65. The number of thiazole rings is 1. The van der Waals surface area contributed by atoms with E-state index in [1.807, 2.05) is 0 Å². The molecular formula is C19H13F3N4OS. The molecule has 2 aromatic heterocycles. The highest BCUT2D eigenvalue weighted by Gasteiger charge is 2.30. The zero-order chi connectivity index (χ0) is 19.5. The van der Waals surface area contributed by atoms with Crippen LogP contribution < -0.4 is 10.9 Å². The lowest BCUT2D eigenvalue weighted by Gasteiger charge is -2.07. The Balaban J connectivity index is 1.55. The van der Waals surface area contributed by atoms with Crippen LogP contribution in [0.3, 0.4) is 0 Å². The summed E-state index contributed by atoms with van der Waals surface area (Å²) >= 11 is 1.29. The van der Waals surface area contributed by atoms with Crippen LogP contribution in [0.2, 0.25) is 0 Å². The maximum atomic E-state index is 12.9. The molecule has 1 aliphatic rings. The largest absolute Gasteiger partial charge is 0.416 e. The highest BCUT2D eigenvalue weighted by atomic mass is 32.1. The zero-order valence-electron chi connectivity index (χ0n) is 14.3. The van der Waals surface area contributed by atoms with Crippen LogP contribution in [0.25, 0.3) is 21.1 Å². The highest BCUT2D eigenvalue weighted by molar-refractivity contribution is 7.23. The summed E-state index contributed by atoms with van der Waals surface area (Å²) < 4.78 is 40.5. The Kier molecular flexibility index (Phi) is 3.70. The first kappa shape index (κ1) is 17.2. The molecule has 9 heteroatoms. The van der Waals surface area contributed by atoms with E-state index < -0.39 is 11.7 Å². The number of fused-ring (bicyclic) bond motifs is 3. The number of rotatable bonds is 3. The van der Waals surface area contributed by atoms with Crippen molar-refractivity contribution in [1.29, 1.82) is 0 Å². The van der Waals surface area contributed by atoms with Gasteiger partial charge in [0.15, 0.2) is 5.13 Å². The van der Waals surface area contributed by atoms with Crippen LogP contribution in [0.5, 0.6) is 0 Å². The molecule has 5 nitrogen and oxygen atoms in total. The number of hydrogen-bond acceptors (Lipinski definition) is 5. The summed E-state index contributed by atoms with van der Waals surface area (Å²) in [5, 5.41) is 4.05. The molecule has 4 aromatic rings. The van der Waals surface area contributed by atoms with Gasteiger partial charge in [0.2, 0.25) is 0 Å². The van der Waals surface area contributed by atoms with Crippen molar-refractivity contribution in [3.8, 4) is 0 Å². The summed E-state index contributed by atoms with van der Waals surface area (Å²) in [6.07, 6.45) is -0.822. The summed E-state index contributed by atoms with van der Waals surface area (Å²) in [7, 11) is 0. The van der Waals surface area contributed by atoms with Crippen molar-refractivity contribution >= 4 is 43.3 Å². The van der Waals surface area contributed by atoms with Crippen LogP contribution in [-0.2, 0) is 6.18 Å². The predicted octanol–water partition coefficient (Wildman–Crippen LogP) is 5.10. The highest BCUT2D eigenvalue weighted by Crippen LogP contribution is 2.36. The fraction of sp³-hybridized carbons (Fsp3) is 0.211. The lowest BCUT2D eigenvalue weighted by Crippen LogP contribution is -2.19. The van der Waals surface area contributed by atoms with Gasteiger partial charge in [0, 0.05) is 11.7 Å². The molecule has 0 unspecified atom stereocenters. The SMILES string of the molecule is O=c1c2c(ccc3nc(Nc4ccc(C(F)(F)F)cc4)sc32)ncn1C1CC1. The van der Waals surface area contributed by atoms with Crippen LogP contribution in [0.4, 0.5) is 24.0 Å². The molecule has 0 radical (unpaired) electrons. The first-order chi connectivity index (χ1) is 13.4. The van der Waals surface area contributed by atoms with E-state index in [9.17, 15) is 18.0 Å². The smallest absolute Gasteiger partial charge is 0.332 e. The summed E-state index contributed by atoms with van der Waals surface area (Å²) in [6, 6.07) is 8.52. The summed E-state index contributed by atoms with van der Waals surface area (Å²) in [4.78, 5) is 21.8. The van der Waals surface area contributed by atoms with Crippen molar-refractivity contribution in [2.45, 2.75) is 25.1 Å². The van der Waals surface area contributed by atoms with E-state index in [-0.39, 0.29) is 11.6 Å². The molecule has 0 aliphatic heterocycles. The third kappa shape index (κ3) is 2.91. The Morgan fingerprint density at radius 3 is 2.46 bits per heavy atom. The predicted molar refractivity (Wildman–Crippen MR) is 102 cm³/mol. The van der Waals surface area contributed by atoms with Gasteiger partial charge in [0.1, 0.15) is 0 Å². The van der Waals surface area contributed by atoms with Gasteiger partial charge in [-0.15, -0.1) is 0 Å². The molecule has 0 atom stereocenters. The van der Waals surface area contributed by atoms with E-state index in [2.05, 4.69) is 15.3 Å². The molecule has 1 N–H and O–H groups in total. The molecule has 2 aromatic carbocycles. The van der Waals surface area contributed by atoms with Gasteiger partial charge in [0.05, 0.1) is 33.0 Å². The molecule has 0 saturated heterocycles. The van der Waals surface area contributed by atoms with Crippen molar-refractivity contribution in [3.63, 3.8) is 0 Å². The van der Waals surface area contributed by atoms with Crippen molar-refractivity contribution < 1.29 is 13.2 Å². The van der Waals surface area contributed by atoms with Crippen LogP contribution in [0, 0.1) is 0 Å². The molecule has 0 amide bonds. The number of hydrogen-bond donors (Lipinski definition) is 1. The van der Waals surface area contributed by atoms with E-state index in [1.165, 1.54) is 23.5 Å². The third-order valence-corrected chi connectivity index (χ3v) is 5.71. The summed E-state index contributed by atoms with van der Waals surface area (Å²) in [6.45, 7) is 0. The Morgan fingerprint density at radius 1 is 1.07 bits per heavy atom. The molecule has 0 bridgehead atoms. The molecule has 0 spiro atoms.